The van der Waals surface area contributed by atoms with E-state index < -0.39 is 32.7 Å². The number of nitrogens with one attached hydrogen (secondary N) is 1. The molecule has 0 aliphatic rings. The highest BCUT2D eigenvalue weighted by molar-refractivity contribution is 7.45. The number of rotatable bonds is 41. The molecule has 10 heteroatoms. The molecule has 0 saturated carbocycles. The van der Waals surface area contributed by atoms with E-state index >= 15 is 0 Å². The Kier molecular flexibility index (Phi) is 36.5. The Morgan fingerprint density at radius 1 is 0.636 bits per heavy atom. The normalized spacial score (nSPS) is 15.1. The van der Waals surface area contributed by atoms with Crippen LogP contribution in [-0.4, -0.2) is 79.8 Å². The fourth-order valence-electron chi connectivity index (χ4n) is 6.54. The molecule has 0 aromatic rings. The van der Waals surface area contributed by atoms with Crippen molar-refractivity contribution in [1.82, 2.24) is 5.32 Å². The lowest BCUT2D eigenvalue weighted by Crippen LogP contribution is -2.51. The second-order valence-electron chi connectivity index (χ2n) is 16.9. The number of nitrogens with zero attached hydrogens (tertiary/aromatic N) is 1. The first-order valence-electron chi connectivity index (χ1n) is 22.8. The van der Waals surface area contributed by atoms with Crippen LogP contribution in [0, 0.1) is 0 Å². The predicted octanol–water partition coefficient (Wildman–Crippen LogP) is 10.9. The second-order valence-corrected chi connectivity index (χ2v) is 18.3. The molecule has 0 aromatic heterocycles. The van der Waals surface area contributed by atoms with Crippen LogP contribution in [0.5, 0.6) is 0 Å². The van der Waals surface area contributed by atoms with Crippen molar-refractivity contribution in [3.8, 4) is 0 Å². The number of carbonyl (C=O) groups excluding carboxylic acids is 1. The van der Waals surface area contributed by atoms with Gasteiger partial charge in [-0.2, -0.15) is 0 Å². The van der Waals surface area contributed by atoms with E-state index in [9.17, 15) is 24.5 Å². The van der Waals surface area contributed by atoms with Gasteiger partial charge in [-0.25, -0.2) is 0 Å². The van der Waals surface area contributed by atoms with Crippen molar-refractivity contribution >= 4 is 13.7 Å². The zero-order valence-electron chi connectivity index (χ0n) is 36.5. The van der Waals surface area contributed by atoms with Crippen LogP contribution in [0.2, 0.25) is 0 Å². The van der Waals surface area contributed by atoms with E-state index in [-0.39, 0.29) is 18.9 Å². The Bertz CT molecular complexity index is 971. The van der Waals surface area contributed by atoms with Gasteiger partial charge in [0.15, 0.2) is 0 Å². The van der Waals surface area contributed by atoms with Crippen LogP contribution < -0.4 is 10.2 Å². The molecular weight excluding hydrogens is 711 g/mol. The number of hydrogen-bond donors (Lipinski definition) is 3. The van der Waals surface area contributed by atoms with Crippen LogP contribution in [0.1, 0.15) is 200 Å². The minimum Gasteiger partial charge on any atom is -0.756 e. The van der Waals surface area contributed by atoms with E-state index in [1.807, 2.05) is 21.1 Å². The molecule has 326 valence electrons. The van der Waals surface area contributed by atoms with Crippen LogP contribution in [0.3, 0.4) is 0 Å². The summed E-state index contributed by atoms with van der Waals surface area (Å²) in [6.45, 7) is 4.40. The number of quaternary nitrogens is 1. The molecule has 3 N–H and O–H groups in total. The standard InChI is InChI=1S/C45H89N2O7P/c1-6-8-10-12-14-16-18-20-21-22-23-24-25-26-28-30-32-34-36-38-44(49)46-42(41-54-55(51,52)53-40-39-47(3,4)5)45(50)43(48)37-35-33-31-29-27-19-17-15-13-11-9-7-2/h20-21,29,31,42-43,45,48,50H,6-19,22-28,30,32-41H2,1-5H3,(H-,46,49,51,52)/b21-20-,31-29+. The lowest BCUT2D eigenvalue weighted by molar-refractivity contribution is -0.870. The molecule has 0 bridgehead atoms. The summed E-state index contributed by atoms with van der Waals surface area (Å²) in [7, 11) is 1.11. The quantitative estimate of drug-likeness (QED) is 0.0243. The van der Waals surface area contributed by atoms with Gasteiger partial charge in [-0.3, -0.25) is 9.36 Å². The summed E-state index contributed by atoms with van der Waals surface area (Å²) in [6.07, 6.45) is 39.3. The van der Waals surface area contributed by atoms with Crippen molar-refractivity contribution in [2.75, 3.05) is 40.9 Å². The third-order valence-electron chi connectivity index (χ3n) is 10.3. The van der Waals surface area contributed by atoms with E-state index in [1.54, 1.807) is 0 Å². The van der Waals surface area contributed by atoms with Gasteiger partial charge in [0, 0.05) is 6.42 Å². The zero-order valence-corrected chi connectivity index (χ0v) is 37.4. The minimum absolute atomic E-state index is 0.0457. The summed E-state index contributed by atoms with van der Waals surface area (Å²) in [6, 6.07) is -1.09. The second kappa shape index (κ2) is 37.2. The first kappa shape index (κ1) is 53.9. The molecule has 0 aliphatic carbocycles. The fraction of sp³-hybridized carbons (Fsp3) is 0.889. The van der Waals surface area contributed by atoms with Crippen molar-refractivity contribution in [3.05, 3.63) is 24.3 Å². The lowest BCUT2D eigenvalue weighted by atomic mass is 10.0. The summed E-state index contributed by atoms with van der Waals surface area (Å²) in [5, 5.41) is 24.6. The number of phosphoric ester groups is 1. The van der Waals surface area contributed by atoms with Crippen LogP contribution in [-0.2, 0) is 18.4 Å². The van der Waals surface area contributed by atoms with Gasteiger partial charge < -0.3 is 34.0 Å². The molecule has 0 fully saturated rings. The Morgan fingerprint density at radius 2 is 1.04 bits per heavy atom. The van der Waals surface area contributed by atoms with E-state index in [1.165, 1.54) is 128 Å². The molecule has 55 heavy (non-hydrogen) atoms. The topological polar surface area (TPSA) is 128 Å². The number of amides is 1. The van der Waals surface area contributed by atoms with Crippen LogP contribution in [0.25, 0.3) is 0 Å². The van der Waals surface area contributed by atoms with Gasteiger partial charge in [0.25, 0.3) is 7.82 Å². The zero-order chi connectivity index (χ0) is 40.9. The number of aliphatic hydroxyl groups excluding tert-OH is 2. The summed E-state index contributed by atoms with van der Waals surface area (Å²) < 4.78 is 23.1. The van der Waals surface area contributed by atoms with Crippen LogP contribution in [0.4, 0.5) is 0 Å². The molecule has 0 saturated heterocycles. The Balaban J connectivity index is 4.47. The van der Waals surface area contributed by atoms with E-state index in [2.05, 4.69) is 43.5 Å². The molecule has 0 radical (unpaired) electrons. The van der Waals surface area contributed by atoms with E-state index in [0.717, 1.165) is 32.1 Å². The van der Waals surface area contributed by atoms with Crippen molar-refractivity contribution in [2.24, 2.45) is 0 Å². The lowest BCUT2D eigenvalue weighted by Gasteiger charge is -2.31. The molecule has 9 nitrogen and oxygen atoms in total. The average Bonchev–Trinajstić information content (AvgIpc) is 3.13. The summed E-state index contributed by atoms with van der Waals surface area (Å²) in [4.78, 5) is 25.4. The molecule has 0 aromatic carbocycles. The van der Waals surface area contributed by atoms with Gasteiger partial charge in [-0.15, -0.1) is 0 Å². The van der Waals surface area contributed by atoms with Gasteiger partial charge in [0.2, 0.25) is 5.91 Å². The van der Waals surface area contributed by atoms with E-state index in [4.69, 9.17) is 9.05 Å². The SMILES string of the molecule is CCCCCCCC/C=C\CCCCCCCCCCCC(=O)NC(COP(=O)([O-])OCC[N+](C)(C)C)C(O)C(O)CCC/C=C/CCCCCCCCC. The highest BCUT2D eigenvalue weighted by atomic mass is 31.2. The largest absolute Gasteiger partial charge is 0.756 e. The maximum atomic E-state index is 12.9. The Hall–Kier alpha value is -1.06. The molecule has 0 rings (SSSR count). The molecular formula is C45H89N2O7P. The van der Waals surface area contributed by atoms with Gasteiger partial charge in [0.05, 0.1) is 39.9 Å². The number of phosphoric acid groups is 1. The summed E-state index contributed by atoms with van der Waals surface area (Å²) in [5.74, 6) is -0.291. The Morgan fingerprint density at radius 3 is 1.47 bits per heavy atom. The fourth-order valence-corrected chi connectivity index (χ4v) is 7.27. The van der Waals surface area contributed by atoms with E-state index in [0.29, 0.717) is 30.3 Å². The first-order chi connectivity index (χ1) is 26.4. The molecule has 0 aliphatic heterocycles. The first-order valence-corrected chi connectivity index (χ1v) is 24.2. The van der Waals surface area contributed by atoms with Crippen LogP contribution in [0.15, 0.2) is 24.3 Å². The number of allylic oxidation sites excluding steroid dienone is 4. The highest BCUT2D eigenvalue weighted by Gasteiger charge is 2.29. The average molecular weight is 801 g/mol. The van der Waals surface area contributed by atoms with Crippen molar-refractivity contribution in [3.63, 3.8) is 0 Å². The molecule has 0 heterocycles. The van der Waals surface area contributed by atoms with Crippen molar-refractivity contribution < 1.29 is 38.0 Å². The molecule has 4 atom stereocenters. The monoisotopic (exact) mass is 801 g/mol. The smallest absolute Gasteiger partial charge is 0.268 e. The van der Waals surface area contributed by atoms with Gasteiger partial charge >= 0.3 is 0 Å². The number of hydrogen-bond acceptors (Lipinski definition) is 7. The number of likely N-dealkylation sites (N-methyl/N-ethyl adjacent to an activating group) is 1. The molecule has 0 spiro atoms. The summed E-state index contributed by atoms with van der Waals surface area (Å²) >= 11 is 0. The minimum atomic E-state index is -4.67. The van der Waals surface area contributed by atoms with Crippen molar-refractivity contribution in [1.29, 1.82) is 0 Å². The maximum Gasteiger partial charge on any atom is 0.268 e. The van der Waals surface area contributed by atoms with Gasteiger partial charge in [-0.05, 0) is 64.2 Å². The number of carbonyl (C=O) groups is 1. The Labute approximate surface area is 339 Å². The molecule has 4 unspecified atom stereocenters. The maximum absolute atomic E-state index is 12.9. The predicted molar refractivity (Wildman–Crippen MR) is 230 cm³/mol. The summed E-state index contributed by atoms with van der Waals surface area (Å²) in [5.41, 5.74) is 0. The highest BCUT2D eigenvalue weighted by Crippen LogP contribution is 2.38. The number of aliphatic hydroxyl groups is 2. The number of unbranched alkanes of at least 4 members (excludes halogenated alkanes) is 23. The van der Waals surface area contributed by atoms with Crippen LogP contribution >= 0.6 is 7.82 Å². The third-order valence-corrected chi connectivity index (χ3v) is 11.2. The van der Waals surface area contributed by atoms with Gasteiger partial charge in [0.1, 0.15) is 19.3 Å². The third kappa shape index (κ3) is 38.2. The molecule has 1 amide bonds. The van der Waals surface area contributed by atoms with Gasteiger partial charge in [-0.1, -0.05) is 154 Å². The van der Waals surface area contributed by atoms with Crippen molar-refractivity contribution in [2.45, 2.75) is 218 Å².